The summed E-state index contributed by atoms with van der Waals surface area (Å²) in [6, 6.07) is 0. The van der Waals surface area contributed by atoms with Gasteiger partial charge in [-0.3, -0.25) is 0 Å². The molecule has 0 aliphatic rings. The molecule has 0 saturated heterocycles. The van der Waals surface area contributed by atoms with Crippen LogP contribution in [0.5, 0.6) is 0 Å². The summed E-state index contributed by atoms with van der Waals surface area (Å²) in [6.45, 7) is 4.68. The van der Waals surface area contributed by atoms with Crippen molar-refractivity contribution >= 4 is 5.97 Å². The first-order valence-electron chi connectivity index (χ1n) is 4.13. The summed E-state index contributed by atoms with van der Waals surface area (Å²) in [4.78, 5) is 10.8. The Labute approximate surface area is 83.6 Å². The van der Waals surface area contributed by atoms with Crippen LogP contribution in [0.4, 0.5) is 0 Å². The summed E-state index contributed by atoms with van der Waals surface area (Å²) >= 11 is 0. The number of hydrogen-bond donors (Lipinski definition) is 0. The van der Waals surface area contributed by atoms with Crippen LogP contribution in [0.1, 0.15) is 0 Å². The highest BCUT2D eigenvalue weighted by molar-refractivity contribution is 5.87. The number of rotatable bonds is 8. The molecule has 5 nitrogen and oxygen atoms in total. The van der Waals surface area contributed by atoms with Crippen LogP contribution in [0.2, 0.25) is 0 Å². The summed E-state index contributed by atoms with van der Waals surface area (Å²) in [5.74, 6) is -0.470. The molecule has 0 aliphatic heterocycles. The molecule has 0 saturated carbocycles. The predicted octanol–water partition coefficient (Wildman–Crippen LogP) is 0.353. The monoisotopic (exact) mass is 204 g/mol. The van der Waals surface area contributed by atoms with E-state index in [-0.39, 0.29) is 19.0 Å². The molecule has 5 heteroatoms. The Hall–Kier alpha value is -0.910. The second kappa shape index (κ2) is 8.68. The number of esters is 1. The molecular formula is C9H16O5. The SMILES string of the molecule is C=C(COCOCCOC)C(=O)OC. The summed E-state index contributed by atoms with van der Waals surface area (Å²) in [5.41, 5.74) is 0.267. The number of ether oxygens (including phenoxy) is 4. The van der Waals surface area contributed by atoms with Gasteiger partial charge in [0.25, 0.3) is 0 Å². The minimum atomic E-state index is -0.470. The highest BCUT2D eigenvalue weighted by atomic mass is 16.7. The van der Waals surface area contributed by atoms with Crippen molar-refractivity contribution in [2.24, 2.45) is 0 Å². The smallest absolute Gasteiger partial charge is 0.335 e. The summed E-state index contributed by atoms with van der Waals surface area (Å²) in [6.07, 6.45) is 0. The van der Waals surface area contributed by atoms with Crippen molar-refractivity contribution in [1.29, 1.82) is 0 Å². The average molecular weight is 204 g/mol. The molecule has 0 bridgehead atoms. The van der Waals surface area contributed by atoms with Gasteiger partial charge in [-0.2, -0.15) is 0 Å². The van der Waals surface area contributed by atoms with E-state index in [2.05, 4.69) is 11.3 Å². The van der Waals surface area contributed by atoms with Gasteiger partial charge in [0.15, 0.2) is 0 Å². The van der Waals surface area contributed by atoms with E-state index in [0.717, 1.165) is 0 Å². The van der Waals surface area contributed by atoms with Crippen LogP contribution < -0.4 is 0 Å². The van der Waals surface area contributed by atoms with E-state index >= 15 is 0 Å². The first-order chi connectivity index (χ1) is 6.72. The van der Waals surface area contributed by atoms with E-state index < -0.39 is 5.97 Å². The quantitative estimate of drug-likeness (QED) is 0.247. The average Bonchev–Trinajstić information content (AvgIpc) is 2.21. The van der Waals surface area contributed by atoms with Crippen molar-refractivity contribution in [2.75, 3.05) is 40.8 Å². The Morgan fingerprint density at radius 1 is 1.21 bits per heavy atom. The van der Waals surface area contributed by atoms with E-state index in [9.17, 15) is 4.79 Å². The molecule has 0 unspecified atom stereocenters. The highest BCUT2D eigenvalue weighted by Gasteiger charge is 2.05. The first kappa shape index (κ1) is 13.1. The lowest BCUT2D eigenvalue weighted by atomic mass is 10.3. The van der Waals surface area contributed by atoms with Gasteiger partial charge in [0.05, 0.1) is 32.5 Å². The Morgan fingerprint density at radius 2 is 1.93 bits per heavy atom. The third kappa shape index (κ3) is 6.59. The third-order valence-corrected chi connectivity index (χ3v) is 1.35. The maximum atomic E-state index is 10.8. The lowest BCUT2D eigenvalue weighted by Crippen LogP contribution is -2.12. The number of carbonyl (C=O) groups is 1. The predicted molar refractivity (Wildman–Crippen MR) is 49.8 cm³/mol. The highest BCUT2D eigenvalue weighted by Crippen LogP contribution is 1.94. The topological polar surface area (TPSA) is 54.0 Å². The molecule has 0 atom stereocenters. The van der Waals surface area contributed by atoms with Gasteiger partial charge in [-0.25, -0.2) is 4.79 Å². The zero-order valence-electron chi connectivity index (χ0n) is 8.58. The molecule has 0 aromatic carbocycles. The molecule has 0 radical (unpaired) electrons. The molecule has 0 spiro atoms. The zero-order valence-corrected chi connectivity index (χ0v) is 8.58. The molecule has 0 aliphatic carbocycles. The van der Waals surface area contributed by atoms with Gasteiger partial charge in [-0.1, -0.05) is 6.58 Å². The fraction of sp³-hybridized carbons (Fsp3) is 0.667. The fourth-order valence-electron chi connectivity index (χ4n) is 0.628. The van der Waals surface area contributed by atoms with Crippen LogP contribution in [-0.2, 0) is 23.7 Å². The van der Waals surface area contributed by atoms with Gasteiger partial charge in [0.2, 0.25) is 0 Å². The van der Waals surface area contributed by atoms with Crippen LogP contribution in [-0.4, -0.2) is 46.8 Å². The van der Waals surface area contributed by atoms with Gasteiger partial charge in [0.1, 0.15) is 6.79 Å². The lowest BCUT2D eigenvalue weighted by Gasteiger charge is -2.06. The van der Waals surface area contributed by atoms with Crippen LogP contribution in [0.3, 0.4) is 0 Å². The summed E-state index contributed by atoms with van der Waals surface area (Å²) < 4.78 is 19.2. The molecule has 0 fully saturated rings. The molecule has 0 rings (SSSR count). The molecule has 82 valence electrons. The van der Waals surface area contributed by atoms with Crippen molar-refractivity contribution in [2.45, 2.75) is 0 Å². The van der Waals surface area contributed by atoms with Crippen molar-refractivity contribution < 1.29 is 23.7 Å². The van der Waals surface area contributed by atoms with Crippen LogP contribution >= 0.6 is 0 Å². The summed E-state index contributed by atoms with van der Waals surface area (Å²) in [5, 5.41) is 0. The normalized spacial score (nSPS) is 9.86. The Bertz CT molecular complexity index is 178. The molecule has 0 aromatic rings. The van der Waals surface area contributed by atoms with Gasteiger partial charge in [-0.15, -0.1) is 0 Å². The molecule has 0 amide bonds. The number of carbonyl (C=O) groups excluding carboxylic acids is 1. The zero-order chi connectivity index (χ0) is 10.8. The van der Waals surface area contributed by atoms with E-state index in [1.807, 2.05) is 0 Å². The maximum Gasteiger partial charge on any atom is 0.335 e. The van der Waals surface area contributed by atoms with E-state index in [0.29, 0.717) is 13.2 Å². The summed E-state index contributed by atoms with van der Waals surface area (Å²) in [7, 11) is 2.88. The van der Waals surface area contributed by atoms with Crippen molar-refractivity contribution in [3.63, 3.8) is 0 Å². The molecule has 0 N–H and O–H groups in total. The largest absolute Gasteiger partial charge is 0.466 e. The van der Waals surface area contributed by atoms with Crippen molar-refractivity contribution in [1.82, 2.24) is 0 Å². The molecule has 14 heavy (non-hydrogen) atoms. The van der Waals surface area contributed by atoms with Gasteiger partial charge in [-0.05, 0) is 0 Å². The van der Waals surface area contributed by atoms with Crippen molar-refractivity contribution in [3.05, 3.63) is 12.2 Å². The number of methoxy groups -OCH3 is 2. The first-order valence-corrected chi connectivity index (χ1v) is 4.13. The standard InChI is InChI=1S/C9H16O5/c1-8(9(10)12-3)6-14-7-13-5-4-11-2/h1,4-7H2,2-3H3. The fourth-order valence-corrected chi connectivity index (χ4v) is 0.628. The van der Waals surface area contributed by atoms with Crippen molar-refractivity contribution in [3.8, 4) is 0 Å². The van der Waals surface area contributed by atoms with Gasteiger partial charge < -0.3 is 18.9 Å². The van der Waals surface area contributed by atoms with Gasteiger partial charge in [0, 0.05) is 7.11 Å². The Balaban J connectivity index is 3.27. The van der Waals surface area contributed by atoms with Gasteiger partial charge >= 0.3 is 5.97 Å². The molecule has 0 aromatic heterocycles. The Kier molecular flexibility index (Phi) is 8.11. The number of hydrogen-bond acceptors (Lipinski definition) is 5. The minimum absolute atomic E-state index is 0.110. The van der Waals surface area contributed by atoms with E-state index in [1.54, 1.807) is 7.11 Å². The van der Waals surface area contributed by atoms with Crippen LogP contribution in [0, 0.1) is 0 Å². The third-order valence-electron chi connectivity index (χ3n) is 1.35. The van der Waals surface area contributed by atoms with Crippen LogP contribution in [0.15, 0.2) is 12.2 Å². The second-order valence-electron chi connectivity index (χ2n) is 2.46. The minimum Gasteiger partial charge on any atom is -0.466 e. The van der Waals surface area contributed by atoms with E-state index in [4.69, 9.17) is 14.2 Å². The maximum absolute atomic E-state index is 10.8. The Morgan fingerprint density at radius 3 is 2.50 bits per heavy atom. The van der Waals surface area contributed by atoms with Crippen LogP contribution in [0.25, 0.3) is 0 Å². The van der Waals surface area contributed by atoms with E-state index in [1.165, 1.54) is 7.11 Å². The lowest BCUT2D eigenvalue weighted by molar-refractivity contribution is -0.137. The second-order valence-corrected chi connectivity index (χ2v) is 2.46. The molecular weight excluding hydrogens is 188 g/mol. The molecule has 0 heterocycles.